The Morgan fingerprint density at radius 3 is 2.50 bits per heavy atom. The molecule has 2 N–H and O–H groups in total. The molecule has 138 valence electrons. The Hall–Kier alpha value is -1.75. The zero-order chi connectivity index (χ0) is 18.5. The van der Waals surface area contributed by atoms with Gasteiger partial charge in [-0.25, -0.2) is 0 Å². The number of quaternary nitrogens is 1. The number of anilines is 2. The second kappa shape index (κ2) is 8.76. The van der Waals surface area contributed by atoms with E-state index in [-0.39, 0.29) is 5.91 Å². The molecule has 0 aliphatic carbocycles. The van der Waals surface area contributed by atoms with Crippen LogP contribution in [0.5, 0.6) is 0 Å². The van der Waals surface area contributed by atoms with Crippen molar-refractivity contribution in [1.29, 1.82) is 0 Å². The van der Waals surface area contributed by atoms with E-state index < -0.39 is 0 Å². The number of halogens is 2. The van der Waals surface area contributed by atoms with E-state index in [2.05, 4.69) is 16.3 Å². The summed E-state index contributed by atoms with van der Waals surface area (Å²) in [5.74, 6) is -0.00870. The Morgan fingerprint density at radius 2 is 1.85 bits per heavy atom. The molecule has 1 aliphatic heterocycles. The normalized spacial score (nSPS) is 15.1. The quantitative estimate of drug-likeness (QED) is 0.819. The van der Waals surface area contributed by atoms with Crippen LogP contribution in [-0.2, 0) is 11.3 Å². The molecular formula is C20H24Cl2N3O+. The number of nitrogens with one attached hydrogen (secondary N) is 2. The van der Waals surface area contributed by atoms with E-state index >= 15 is 0 Å². The fourth-order valence-electron chi connectivity index (χ4n) is 3.24. The summed E-state index contributed by atoms with van der Waals surface area (Å²) in [6, 6.07) is 13.8. The SMILES string of the molecule is CCC(=O)Nc1ccc(N2CC[NH+](Cc3ccccc3Cl)CC2)c(Cl)c1. The highest BCUT2D eigenvalue weighted by Crippen LogP contribution is 2.29. The van der Waals surface area contributed by atoms with Gasteiger partial charge >= 0.3 is 0 Å². The molecule has 2 aromatic rings. The lowest BCUT2D eigenvalue weighted by Crippen LogP contribution is -3.13. The van der Waals surface area contributed by atoms with Gasteiger partial charge in [-0.15, -0.1) is 0 Å². The Kier molecular flexibility index (Phi) is 6.41. The number of benzene rings is 2. The lowest BCUT2D eigenvalue weighted by molar-refractivity contribution is -0.914. The van der Waals surface area contributed by atoms with Crippen LogP contribution in [0.25, 0.3) is 0 Å². The van der Waals surface area contributed by atoms with E-state index in [0.29, 0.717) is 11.4 Å². The predicted octanol–water partition coefficient (Wildman–Crippen LogP) is 3.25. The summed E-state index contributed by atoms with van der Waals surface area (Å²) >= 11 is 12.7. The summed E-state index contributed by atoms with van der Waals surface area (Å²) in [7, 11) is 0. The van der Waals surface area contributed by atoms with Gasteiger partial charge < -0.3 is 15.1 Å². The van der Waals surface area contributed by atoms with Crippen molar-refractivity contribution in [2.45, 2.75) is 19.9 Å². The van der Waals surface area contributed by atoms with Gasteiger partial charge in [-0.2, -0.15) is 0 Å². The molecule has 6 heteroatoms. The summed E-state index contributed by atoms with van der Waals surface area (Å²) < 4.78 is 0. The maximum atomic E-state index is 11.5. The minimum Gasteiger partial charge on any atom is -0.359 e. The van der Waals surface area contributed by atoms with Gasteiger partial charge in [0.25, 0.3) is 0 Å². The summed E-state index contributed by atoms with van der Waals surface area (Å²) in [5, 5.41) is 4.36. The van der Waals surface area contributed by atoms with Gasteiger partial charge in [-0.3, -0.25) is 4.79 Å². The highest BCUT2D eigenvalue weighted by atomic mass is 35.5. The molecule has 0 bridgehead atoms. The van der Waals surface area contributed by atoms with Crippen LogP contribution < -0.4 is 15.1 Å². The topological polar surface area (TPSA) is 36.8 Å². The average molecular weight is 393 g/mol. The van der Waals surface area contributed by atoms with Gasteiger partial charge in [-0.1, -0.05) is 48.3 Å². The third kappa shape index (κ3) is 4.70. The maximum Gasteiger partial charge on any atom is 0.224 e. The number of nitrogens with zero attached hydrogens (tertiary/aromatic N) is 1. The molecular weight excluding hydrogens is 369 g/mol. The molecule has 0 radical (unpaired) electrons. The summed E-state index contributed by atoms with van der Waals surface area (Å²) in [5.41, 5.74) is 2.97. The molecule has 4 nitrogen and oxygen atoms in total. The molecule has 1 aliphatic rings. The molecule has 0 saturated carbocycles. The largest absolute Gasteiger partial charge is 0.359 e. The van der Waals surface area contributed by atoms with Crippen molar-refractivity contribution in [3.05, 3.63) is 58.1 Å². The standard InChI is InChI=1S/C20H23Cl2N3O/c1-2-20(26)23-16-7-8-19(18(22)13-16)25-11-9-24(10-12-25)14-15-5-3-4-6-17(15)21/h3-8,13H,2,9-12,14H2,1H3,(H,23,26)/p+1. The molecule has 2 aromatic carbocycles. The van der Waals surface area contributed by atoms with E-state index in [9.17, 15) is 4.79 Å². The summed E-state index contributed by atoms with van der Waals surface area (Å²) in [4.78, 5) is 15.3. The molecule has 0 atom stereocenters. The molecule has 3 rings (SSSR count). The van der Waals surface area contributed by atoms with E-state index in [0.717, 1.165) is 49.1 Å². The zero-order valence-corrected chi connectivity index (χ0v) is 16.4. The Bertz CT molecular complexity index is 773. The van der Waals surface area contributed by atoms with E-state index in [1.807, 2.05) is 43.3 Å². The monoisotopic (exact) mass is 392 g/mol. The number of carbonyl (C=O) groups excluding carboxylic acids is 1. The average Bonchev–Trinajstić information content (AvgIpc) is 2.64. The predicted molar refractivity (Wildman–Crippen MR) is 108 cm³/mol. The molecule has 1 fully saturated rings. The number of piperazine rings is 1. The van der Waals surface area contributed by atoms with Crippen molar-refractivity contribution in [1.82, 2.24) is 0 Å². The smallest absolute Gasteiger partial charge is 0.224 e. The van der Waals surface area contributed by atoms with Crippen LogP contribution in [0.4, 0.5) is 11.4 Å². The first-order valence-corrected chi connectivity index (χ1v) is 9.73. The maximum absolute atomic E-state index is 11.5. The molecule has 0 spiro atoms. The Morgan fingerprint density at radius 1 is 1.12 bits per heavy atom. The van der Waals surface area contributed by atoms with E-state index in [1.54, 1.807) is 0 Å². The number of rotatable bonds is 5. The van der Waals surface area contributed by atoms with Gasteiger partial charge in [0.05, 0.1) is 36.9 Å². The number of hydrogen-bond donors (Lipinski definition) is 2. The van der Waals surface area contributed by atoms with Crippen LogP contribution in [0, 0.1) is 0 Å². The van der Waals surface area contributed by atoms with Gasteiger partial charge in [0.15, 0.2) is 0 Å². The number of hydrogen-bond acceptors (Lipinski definition) is 2. The first-order chi connectivity index (χ1) is 12.6. The minimum atomic E-state index is -0.00870. The van der Waals surface area contributed by atoms with Crippen molar-refractivity contribution < 1.29 is 9.69 Å². The van der Waals surface area contributed by atoms with Crippen LogP contribution in [0.3, 0.4) is 0 Å². The second-order valence-electron chi connectivity index (χ2n) is 6.57. The molecule has 1 amide bonds. The second-order valence-corrected chi connectivity index (χ2v) is 7.39. The van der Waals surface area contributed by atoms with Gasteiger partial charge in [0.1, 0.15) is 6.54 Å². The molecule has 26 heavy (non-hydrogen) atoms. The van der Waals surface area contributed by atoms with Gasteiger partial charge in [-0.05, 0) is 24.3 Å². The summed E-state index contributed by atoms with van der Waals surface area (Å²) in [6.07, 6.45) is 0.454. The van der Waals surface area contributed by atoms with E-state index in [1.165, 1.54) is 10.5 Å². The minimum absolute atomic E-state index is 0.00870. The molecule has 0 unspecified atom stereocenters. The fraction of sp³-hybridized carbons (Fsp3) is 0.350. The van der Waals surface area contributed by atoms with Crippen LogP contribution >= 0.6 is 23.2 Å². The first-order valence-electron chi connectivity index (χ1n) is 8.98. The summed E-state index contributed by atoms with van der Waals surface area (Å²) in [6.45, 7) is 6.74. The zero-order valence-electron chi connectivity index (χ0n) is 14.9. The Balaban J connectivity index is 1.59. The molecule has 1 heterocycles. The highest BCUT2D eigenvalue weighted by molar-refractivity contribution is 6.33. The van der Waals surface area contributed by atoms with Crippen molar-refractivity contribution in [2.24, 2.45) is 0 Å². The highest BCUT2D eigenvalue weighted by Gasteiger charge is 2.22. The van der Waals surface area contributed by atoms with Crippen LogP contribution in [-0.4, -0.2) is 32.1 Å². The van der Waals surface area contributed by atoms with Crippen LogP contribution in [0.2, 0.25) is 10.0 Å². The number of carbonyl (C=O) groups is 1. The number of amides is 1. The third-order valence-electron chi connectivity index (χ3n) is 4.76. The van der Waals surface area contributed by atoms with E-state index in [4.69, 9.17) is 23.2 Å². The molecule has 1 saturated heterocycles. The Labute approximate surface area is 164 Å². The third-order valence-corrected chi connectivity index (χ3v) is 5.43. The van der Waals surface area contributed by atoms with Crippen molar-refractivity contribution in [3.8, 4) is 0 Å². The van der Waals surface area contributed by atoms with Gasteiger partial charge in [0.2, 0.25) is 5.91 Å². The fourth-order valence-corrected chi connectivity index (χ4v) is 3.74. The van der Waals surface area contributed by atoms with Crippen molar-refractivity contribution in [3.63, 3.8) is 0 Å². The van der Waals surface area contributed by atoms with Crippen LogP contribution in [0.15, 0.2) is 42.5 Å². The lowest BCUT2D eigenvalue weighted by atomic mass is 10.2. The van der Waals surface area contributed by atoms with Gasteiger partial charge in [0, 0.05) is 22.7 Å². The lowest BCUT2D eigenvalue weighted by Gasteiger charge is -2.34. The van der Waals surface area contributed by atoms with Crippen LogP contribution in [0.1, 0.15) is 18.9 Å². The van der Waals surface area contributed by atoms with Crippen molar-refractivity contribution >= 4 is 40.5 Å². The molecule has 0 aromatic heterocycles. The first kappa shape index (κ1) is 19.0. The van der Waals surface area contributed by atoms with Crippen molar-refractivity contribution in [2.75, 3.05) is 36.4 Å².